The first-order chi connectivity index (χ1) is 5.36. The third-order valence-electron chi connectivity index (χ3n) is 1.34. The van der Waals surface area contributed by atoms with Crippen molar-refractivity contribution < 1.29 is 0 Å². The monoisotopic (exact) mass is 149 g/mol. The van der Waals surface area contributed by atoms with Crippen molar-refractivity contribution in [3.63, 3.8) is 0 Å². The Labute approximate surface area is 66.0 Å². The van der Waals surface area contributed by atoms with E-state index in [2.05, 4.69) is 16.9 Å². The molecule has 0 radical (unpaired) electrons. The molecule has 0 aliphatic rings. The number of hydrogen-bond acceptors (Lipinski definition) is 3. The molecule has 0 aliphatic carbocycles. The van der Waals surface area contributed by atoms with Crippen molar-refractivity contribution in [3.8, 4) is 0 Å². The number of aromatic nitrogens is 2. The molecule has 0 amide bonds. The summed E-state index contributed by atoms with van der Waals surface area (Å²) in [6.07, 6.45) is 5.78. The highest BCUT2D eigenvalue weighted by molar-refractivity contribution is 5.38. The molecule has 1 aromatic rings. The van der Waals surface area contributed by atoms with Gasteiger partial charge in [-0.15, -0.1) is 0 Å². The second kappa shape index (κ2) is 3.71. The van der Waals surface area contributed by atoms with Crippen LogP contribution in [0, 0.1) is 0 Å². The molecule has 0 fully saturated rings. The zero-order valence-electron chi connectivity index (χ0n) is 6.49. The molecule has 0 unspecified atom stereocenters. The first-order valence-corrected chi connectivity index (χ1v) is 3.57. The summed E-state index contributed by atoms with van der Waals surface area (Å²) in [7, 11) is 0. The van der Waals surface area contributed by atoms with Crippen molar-refractivity contribution in [3.05, 3.63) is 30.0 Å². The standard InChI is InChI=1S/C8H11N3/c1-2-7-4-6-10-8(11-7)3-5-9/h3-6H,2,9H2,1H3. The molecule has 3 nitrogen and oxygen atoms in total. The lowest BCUT2D eigenvalue weighted by atomic mass is 10.3. The Morgan fingerprint density at radius 1 is 1.64 bits per heavy atom. The zero-order chi connectivity index (χ0) is 8.10. The first kappa shape index (κ1) is 7.72. The highest BCUT2D eigenvalue weighted by atomic mass is 14.9. The fourth-order valence-electron chi connectivity index (χ4n) is 0.776. The fourth-order valence-corrected chi connectivity index (χ4v) is 0.776. The molecule has 0 saturated carbocycles. The van der Waals surface area contributed by atoms with Crippen LogP contribution in [0.1, 0.15) is 18.4 Å². The van der Waals surface area contributed by atoms with Crippen LogP contribution < -0.4 is 5.73 Å². The highest BCUT2D eigenvalue weighted by Crippen LogP contribution is 1.96. The van der Waals surface area contributed by atoms with Crippen molar-refractivity contribution >= 4 is 6.08 Å². The smallest absolute Gasteiger partial charge is 0.153 e. The van der Waals surface area contributed by atoms with Gasteiger partial charge in [-0.2, -0.15) is 0 Å². The molecule has 1 aromatic heterocycles. The molecule has 11 heavy (non-hydrogen) atoms. The summed E-state index contributed by atoms with van der Waals surface area (Å²) in [5, 5.41) is 0. The number of aryl methyl sites for hydroxylation is 1. The maximum absolute atomic E-state index is 5.19. The zero-order valence-corrected chi connectivity index (χ0v) is 6.49. The lowest BCUT2D eigenvalue weighted by Gasteiger charge is -1.95. The van der Waals surface area contributed by atoms with E-state index in [4.69, 9.17) is 5.73 Å². The molecule has 0 bridgehead atoms. The second-order valence-electron chi connectivity index (χ2n) is 2.12. The Morgan fingerprint density at radius 2 is 2.45 bits per heavy atom. The van der Waals surface area contributed by atoms with Crippen molar-refractivity contribution in [1.82, 2.24) is 9.97 Å². The van der Waals surface area contributed by atoms with Gasteiger partial charge in [0, 0.05) is 11.9 Å². The third kappa shape index (κ3) is 2.04. The molecule has 0 aliphatic heterocycles. The maximum atomic E-state index is 5.19. The normalized spacial score (nSPS) is 10.6. The predicted molar refractivity (Wildman–Crippen MR) is 44.6 cm³/mol. The Morgan fingerprint density at radius 3 is 3.09 bits per heavy atom. The fraction of sp³-hybridized carbons (Fsp3) is 0.250. The second-order valence-corrected chi connectivity index (χ2v) is 2.12. The average Bonchev–Trinajstić information content (AvgIpc) is 2.06. The van der Waals surface area contributed by atoms with Crippen LogP contribution in [0.3, 0.4) is 0 Å². The summed E-state index contributed by atoms with van der Waals surface area (Å²) in [6, 6.07) is 1.90. The van der Waals surface area contributed by atoms with E-state index in [1.165, 1.54) is 6.20 Å². The number of nitrogens with two attached hydrogens (primary N) is 1. The van der Waals surface area contributed by atoms with Gasteiger partial charge >= 0.3 is 0 Å². The minimum atomic E-state index is 0.673. The van der Waals surface area contributed by atoms with Crippen LogP contribution in [-0.2, 0) is 6.42 Å². The summed E-state index contributed by atoms with van der Waals surface area (Å²) in [4.78, 5) is 8.20. The van der Waals surface area contributed by atoms with Gasteiger partial charge in [-0.25, -0.2) is 9.97 Å². The van der Waals surface area contributed by atoms with Gasteiger partial charge in [-0.05, 0) is 24.8 Å². The van der Waals surface area contributed by atoms with Crippen molar-refractivity contribution in [1.29, 1.82) is 0 Å². The van der Waals surface area contributed by atoms with Gasteiger partial charge in [0.05, 0.1) is 0 Å². The summed E-state index contributed by atoms with van der Waals surface area (Å²) >= 11 is 0. The Hall–Kier alpha value is -1.38. The van der Waals surface area contributed by atoms with E-state index in [1.807, 2.05) is 6.07 Å². The Kier molecular flexibility index (Phi) is 2.60. The molecule has 0 aromatic carbocycles. The first-order valence-electron chi connectivity index (χ1n) is 3.57. The van der Waals surface area contributed by atoms with Crippen molar-refractivity contribution in [2.24, 2.45) is 5.73 Å². The van der Waals surface area contributed by atoms with Crippen molar-refractivity contribution in [2.75, 3.05) is 0 Å². The van der Waals surface area contributed by atoms with Gasteiger partial charge < -0.3 is 5.73 Å². The number of hydrogen-bond donors (Lipinski definition) is 1. The van der Waals surface area contributed by atoms with Crippen molar-refractivity contribution in [2.45, 2.75) is 13.3 Å². The van der Waals surface area contributed by atoms with Crippen LogP contribution >= 0.6 is 0 Å². The summed E-state index contributed by atoms with van der Waals surface area (Å²) in [6.45, 7) is 2.05. The van der Waals surface area contributed by atoms with Gasteiger partial charge in [0.2, 0.25) is 0 Å². The third-order valence-corrected chi connectivity index (χ3v) is 1.34. The molecule has 1 heterocycles. The molecule has 2 N–H and O–H groups in total. The van der Waals surface area contributed by atoms with E-state index in [-0.39, 0.29) is 0 Å². The minimum Gasteiger partial charge on any atom is -0.404 e. The molecule has 0 saturated heterocycles. The molecule has 58 valence electrons. The largest absolute Gasteiger partial charge is 0.404 e. The molecule has 1 rings (SSSR count). The number of rotatable bonds is 2. The summed E-state index contributed by atoms with van der Waals surface area (Å²) < 4.78 is 0. The van der Waals surface area contributed by atoms with E-state index in [0.717, 1.165) is 12.1 Å². The molecular weight excluding hydrogens is 138 g/mol. The van der Waals surface area contributed by atoms with Gasteiger partial charge in [0.1, 0.15) is 0 Å². The average molecular weight is 149 g/mol. The van der Waals surface area contributed by atoms with Crippen LogP contribution in [-0.4, -0.2) is 9.97 Å². The highest BCUT2D eigenvalue weighted by Gasteiger charge is 1.91. The van der Waals surface area contributed by atoms with E-state index < -0.39 is 0 Å². The summed E-state index contributed by atoms with van der Waals surface area (Å²) in [5.41, 5.74) is 6.23. The minimum absolute atomic E-state index is 0.673. The molecule has 0 atom stereocenters. The lowest BCUT2D eigenvalue weighted by Crippen LogP contribution is -1.92. The van der Waals surface area contributed by atoms with Crippen LogP contribution in [0.2, 0.25) is 0 Å². The molecular formula is C8H11N3. The molecule has 3 heteroatoms. The van der Waals surface area contributed by atoms with E-state index in [1.54, 1.807) is 12.3 Å². The van der Waals surface area contributed by atoms with Crippen LogP contribution in [0.15, 0.2) is 18.5 Å². The van der Waals surface area contributed by atoms with Gasteiger partial charge in [-0.3, -0.25) is 0 Å². The van der Waals surface area contributed by atoms with Gasteiger partial charge in [-0.1, -0.05) is 6.92 Å². The van der Waals surface area contributed by atoms with Gasteiger partial charge in [0.15, 0.2) is 5.82 Å². The van der Waals surface area contributed by atoms with E-state index >= 15 is 0 Å². The van der Waals surface area contributed by atoms with E-state index in [0.29, 0.717) is 5.82 Å². The van der Waals surface area contributed by atoms with E-state index in [9.17, 15) is 0 Å². The Balaban J connectivity index is 2.91. The SMILES string of the molecule is CCc1ccnc(C=CN)n1. The van der Waals surface area contributed by atoms with Crippen LogP contribution in [0.25, 0.3) is 6.08 Å². The summed E-state index contributed by atoms with van der Waals surface area (Å²) in [5.74, 6) is 0.673. The Bertz CT molecular complexity index is 255. The predicted octanol–water partition coefficient (Wildman–Crippen LogP) is 0.968. The van der Waals surface area contributed by atoms with Crippen LogP contribution in [0.5, 0.6) is 0 Å². The maximum Gasteiger partial charge on any atom is 0.153 e. The number of nitrogens with zero attached hydrogens (tertiary/aromatic N) is 2. The topological polar surface area (TPSA) is 51.8 Å². The lowest BCUT2D eigenvalue weighted by molar-refractivity contribution is 0.985. The quantitative estimate of drug-likeness (QED) is 0.681. The van der Waals surface area contributed by atoms with Crippen LogP contribution in [0.4, 0.5) is 0 Å². The molecule has 0 spiro atoms. The van der Waals surface area contributed by atoms with Gasteiger partial charge in [0.25, 0.3) is 0 Å².